The average Bonchev–Trinajstić information content (AvgIpc) is 2.47. The summed E-state index contributed by atoms with van der Waals surface area (Å²) in [5.41, 5.74) is 2.09. The number of benzene rings is 1. The van der Waals surface area contributed by atoms with Crippen LogP contribution in [0.4, 0.5) is 5.69 Å². The lowest BCUT2D eigenvalue weighted by atomic mass is 10.1. The van der Waals surface area contributed by atoms with E-state index in [1.54, 1.807) is 36.8 Å². The maximum atomic E-state index is 12.3. The van der Waals surface area contributed by atoms with Crippen molar-refractivity contribution in [3.05, 3.63) is 66.6 Å². The SMILES string of the molecule is O=C(Nc1cccnc1)c1cccc2ncccc12. The molecular weight excluding hydrogens is 238 g/mol. The Labute approximate surface area is 110 Å². The van der Waals surface area contributed by atoms with E-state index in [0.717, 1.165) is 10.9 Å². The van der Waals surface area contributed by atoms with E-state index >= 15 is 0 Å². The lowest BCUT2D eigenvalue weighted by Crippen LogP contribution is -2.12. The Hall–Kier alpha value is -2.75. The number of rotatable bonds is 2. The quantitative estimate of drug-likeness (QED) is 0.759. The van der Waals surface area contributed by atoms with Gasteiger partial charge in [0.15, 0.2) is 0 Å². The third-order valence-electron chi connectivity index (χ3n) is 2.81. The molecule has 1 N–H and O–H groups in total. The van der Waals surface area contributed by atoms with E-state index in [2.05, 4.69) is 15.3 Å². The summed E-state index contributed by atoms with van der Waals surface area (Å²) >= 11 is 0. The molecule has 0 spiro atoms. The molecule has 19 heavy (non-hydrogen) atoms. The summed E-state index contributed by atoms with van der Waals surface area (Å²) in [5.74, 6) is -0.161. The number of carbonyl (C=O) groups excluding carboxylic acids is 1. The van der Waals surface area contributed by atoms with Crippen LogP contribution < -0.4 is 5.32 Å². The largest absolute Gasteiger partial charge is 0.321 e. The van der Waals surface area contributed by atoms with Gasteiger partial charge in [-0.05, 0) is 30.3 Å². The van der Waals surface area contributed by atoms with E-state index in [1.165, 1.54) is 0 Å². The number of anilines is 1. The molecule has 2 heterocycles. The third kappa shape index (κ3) is 2.28. The molecule has 1 aromatic carbocycles. The molecule has 2 aromatic heterocycles. The molecule has 0 saturated carbocycles. The molecule has 0 bridgehead atoms. The average molecular weight is 249 g/mol. The Morgan fingerprint density at radius 3 is 2.74 bits per heavy atom. The highest BCUT2D eigenvalue weighted by molar-refractivity contribution is 6.12. The van der Waals surface area contributed by atoms with Crippen LogP contribution >= 0.6 is 0 Å². The van der Waals surface area contributed by atoms with Crippen LogP contribution in [0.1, 0.15) is 10.4 Å². The van der Waals surface area contributed by atoms with Crippen molar-refractivity contribution in [2.45, 2.75) is 0 Å². The number of nitrogens with zero attached hydrogens (tertiary/aromatic N) is 2. The van der Waals surface area contributed by atoms with Gasteiger partial charge in [-0.25, -0.2) is 0 Å². The fraction of sp³-hybridized carbons (Fsp3) is 0. The molecule has 0 aliphatic carbocycles. The number of carbonyl (C=O) groups is 1. The zero-order valence-corrected chi connectivity index (χ0v) is 10.1. The summed E-state index contributed by atoms with van der Waals surface area (Å²) < 4.78 is 0. The molecule has 0 unspecified atom stereocenters. The van der Waals surface area contributed by atoms with Crippen LogP contribution in [0.25, 0.3) is 10.9 Å². The summed E-state index contributed by atoms with van der Waals surface area (Å²) in [6.45, 7) is 0. The third-order valence-corrected chi connectivity index (χ3v) is 2.81. The maximum Gasteiger partial charge on any atom is 0.256 e. The van der Waals surface area contributed by atoms with Crippen LogP contribution in [0.5, 0.6) is 0 Å². The van der Waals surface area contributed by atoms with Crippen LogP contribution in [0.3, 0.4) is 0 Å². The topological polar surface area (TPSA) is 54.9 Å². The maximum absolute atomic E-state index is 12.3. The van der Waals surface area contributed by atoms with Crippen LogP contribution in [0.2, 0.25) is 0 Å². The molecular formula is C15H11N3O. The predicted octanol–water partition coefficient (Wildman–Crippen LogP) is 2.88. The van der Waals surface area contributed by atoms with Crippen molar-refractivity contribution in [2.24, 2.45) is 0 Å². The molecule has 0 aliphatic heterocycles. The molecule has 3 aromatic rings. The summed E-state index contributed by atoms with van der Waals surface area (Å²) in [6, 6.07) is 12.8. The first kappa shape index (κ1) is 11.3. The van der Waals surface area contributed by atoms with Crippen molar-refractivity contribution < 1.29 is 4.79 Å². The molecule has 92 valence electrons. The van der Waals surface area contributed by atoms with E-state index in [4.69, 9.17) is 0 Å². The number of fused-ring (bicyclic) bond motifs is 1. The zero-order valence-electron chi connectivity index (χ0n) is 10.1. The predicted molar refractivity (Wildman–Crippen MR) is 73.9 cm³/mol. The van der Waals surface area contributed by atoms with Crippen LogP contribution in [-0.2, 0) is 0 Å². The molecule has 3 rings (SSSR count). The van der Waals surface area contributed by atoms with Gasteiger partial charge in [-0.3, -0.25) is 14.8 Å². The molecule has 4 nitrogen and oxygen atoms in total. The minimum absolute atomic E-state index is 0.161. The molecule has 1 amide bonds. The second-order valence-corrected chi connectivity index (χ2v) is 4.07. The number of nitrogens with one attached hydrogen (secondary N) is 1. The van der Waals surface area contributed by atoms with E-state index in [1.807, 2.05) is 24.3 Å². The van der Waals surface area contributed by atoms with Gasteiger partial charge in [0.05, 0.1) is 17.4 Å². The van der Waals surface area contributed by atoms with Gasteiger partial charge >= 0.3 is 0 Å². The van der Waals surface area contributed by atoms with E-state index in [0.29, 0.717) is 11.3 Å². The minimum Gasteiger partial charge on any atom is -0.321 e. The summed E-state index contributed by atoms with van der Waals surface area (Å²) in [5, 5.41) is 3.66. The standard InChI is InChI=1S/C15H11N3O/c19-15(18-11-4-2-8-16-10-11)13-5-1-7-14-12(13)6-3-9-17-14/h1-10H,(H,18,19). The van der Waals surface area contributed by atoms with E-state index in [-0.39, 0.29) is 5.91 Å². The van der Waals surface area contributed by atoms with E-state index in [9.17, 15) is 4.79 Å². The highest BCUT2D eigenvalue weighted by Gasteiger charge is 2.10. The van der Waals surface area contributed by atoms with Gasteiger partial charge in [-0.15, -0.1) is 0 Å². The molecule has 4 heteroatoms. The second kappa shape index (κ2) is 4.86. The first-order valence-corrected chi connectivity index (χ1v) is 5.90. The van der Waals surface area contributed by atoms with Crippen molar-refractivity contribution in [1.29, 1.82) is 0 Å². The van der Waals surface area contributed by atoms with Crippen LogP contribution in [-0.4, -0.2) is 15.9 Å². The van der Waals surface area contributed by atoms with Crippen molar-refractivity contribution in [1.82, 2.24) is 9.97 Å². The highest BCUT2D eigenvalue weighted by Crippen LogP contribution is 2.17. The van der Waals surface area contributed by atoms with Crippen molar-refractivity contribution in [3.8, 4) is 0 Å². The van der Waals surface area contributed by atoms with Gasteiger partial charge in [0, 0.05) is 23.3 Å². The van der Waals surface area contributed by atoms with E-state index < -0.39 is 0 Å². The number of amides is 1. The first-order valence-electron chi connectivity index (χ1n) is 5.90. The Balaban J connectivity index is 1.98. The second-order valence-electron chi connectivity index (χ2n) is 4.07. The van der Waals surface area contributed by atoms with Crippen molar-refractivity contribution >= 4 is 22.5 Å². The lowest BCUT2D eigenvalue weighted by Gasteiger charge is -2.07. The van der Waals surface area contributed by atoms with Gasteiger partial charge in [0.1, 0.15) is 0 Å². The molecule has 0 radical (unpaired) electrons. The number of pyridine rings is 2. The number of hydrogen-bond acceptors (Lipinski definition) is 3. The Bertz CT molecular complexity index is 720. The molecule has 0 aliphatic rings. The summed E-state index contributed by atoms with van der Waals surface area (Å²) in [6.07, 6.45) is 4.99. The number of hydrogen-bond donors (Lipinski definition) is 1. The smallest absolute Gasteiger partial charge is 0.256 e. The Morgan fingerprint density at radius 2 is 1.89 bits per heavy atom. The summed E-state index contributed by atoms with van der Waals surface area (Å²) in [4.78, 5) is 20.5. The van der Waals surface area contributed by atoms with Gasteiger partial charge in [-0.1, -0.05) is 12.1 Å². The first-order chi connectivity index (χ1) is 9.34. The fourth-order valence-electron chi connectivity index (χ4n) is 1.94. The highest BCUT2D eigenvalue weighted by atomic mass is 16.1. The fourth-order valence-corrected chi connectivity index (χ4v) is 1.94. The Kier molecular flexibility index (Phi) is 2.90. The molecule has 0 atom stereocenters. The normalized spacial score (nSPS) is 10.3. The monoisotopic (exact) mass is 249 g/mol. The number of aromatic nitrogens is 2. The Morgan fingerprint density at radius 1 is 1.00 bits per heavy atom. The van der Waals surface area contributed by atoms with Gasteiger partial charge in [0.2, 0.25) is 0 Å². The van der Waals surface area contributed by atoms with Crippen LogP contribution in [0.15, 0.2) is 61.1 Å². The van der Waals surface area contributed by atoms with Gasteiger partial charge in [0.25, 0.3) is 5.91 Å². The van der Waals surface area contributed by atoms with Crippen LogP contribution in [0, 0.1) is 0 Å². The van der Waals surface area contributed by atoms with Crippen molar-refractivity contribution in [3.63, 3.8) is 0 Å². The van der Waals surface area contributed by atoms with Gasteiger partial charge in [-0.2, -0.15) is 0 Å². The van der Waals surface area contributed by atoms with Gasteiger partial charge < -0.3 is 5.32 Å². The summed E-state index contributed by atoms with van der Waals surface area (Å²) in [7, 11) is 0. The molecule has 0 saturated heterocycles. The molecule has 0 fully saturated rings. The minimum atomic E-state index is -0.161. The lowest BCUT2D eigenvalue weighted by molar-refractivity contribution is 0.102. The van der Waals surface area contributed by atoms with Crippen molar-refractivity contribution in [2.75, 3.05) is 5.32 Å². The zero-order chi connectivity index (χ0) is 13.1.